The zero-order valence-corrected chi connectivity index (χ0v) is 17.9. The summed E-state index contributed by atoms with van der Waals surface area (Å²) in [6, 6.07) is 3.83. The zero-order chi connectivity index (χ0) is 20.8. The fourth-order valence-corrected chi connectivity index (χ4v) is 4.80. The number of hydrogen-bond acceptors (Lipinski definition) is 5. The van der Waals surface area contributed by atoms with Gasteiger partial charge in [0.15, 0.2) is 5.65 Å². The van der Waals surface area contributed by atoms with Gasteiger partial charge in [0.1, 0.15) is 11.5 Å². The van der Waals surface area contributed by atoms with E-state index in [9.17, 15) is 4.79 Å². The van der Waals surface area contributed by atoms with Crippen molar-refractivity contribution in [2.24, 2.45) is 5.92 Å². The molecule has 0 spiro atoms. The molecule has 1 N–H and O–H groups in total. The van der Waals surface area contributed by atoms with Crippen molar-refractivity contribution < 1.29 is 4.79 Å². The SMILES string of the molecule is Cc1cc(C(=O)N2CCCC[C@H]2c2cc3nc(N4CC[C@H](C)C4)c(C)cn3n2)[nH]n1. The van der Waals surface area contributed by atoms with E-state index >= 15 is 0 Å². The van der Waals surface area contributed by atoms with E-state index in [-0.39, 0.29) is 11.9 Å². The van der Waals surface area contributed by atoms with Crippen molar-refractivity contribution in [1.82, 2.24) is 29.7 Å². The molecular weight excluding hydrogens is 378 g/mol. The number of likely N-dealkylation sites (tertiary alicyclic amines) is 1. The van der Waals surface area contributed by atoms with Gasteiger partial charge in [0.05, 0.1) is 17.4 Å². The smallest absolute Gasteiger partial charge is 0.272 e. The number of fused-ring (bicyclic) bond motifs is 1. The number of nitrogens with zero attached hydrogens (tertiary/aromatic N) is 6. The van der Waals surface area contributed by atoms with Gasteiger partial charge in [-0.1, -0.05) is 6.92 Å². The molecule has 8 heteroatoms. The molecule has 0 unspecified atom stereocenters. The first-order valence-electron chi connectivity index (χ1n) is 10.9. The second-order valence-electron chi connectivity index (χ2n) is 8.89. The Kier molecular flexibility index (Phi) is 4.72. The van der Waals surface area contributed by atoms with Gasteiger partial charge in [-0.25, -0.2) is 9.50 Å². The summed E-state index contributed by atoms with van der Waals surface area (Å²) in [4.78, 5) is 22.4. The number of H-pyrrole nitrogens is 1. The first-order chi connectivity index (χ1) is 14.5. The van der Waals surface area contributed by atoms with Gasteiger partial charge in [-0.15, -0.1) is 0 Å². The lowest BCUT2D eigenvalue weighted by molar-refractivity contribution is 0.0599. The van der Waals surface area contributed by atoms with Crippen LogP contribution in [-0.4, -0.2) is 55.2 Å². The van der Waals surface area contributed by atoms with E-state index in [0.717, 1.165) is 67.3 Å². The van der Waals surface area contributed by atoms with Crippen molar-refractivity contribution in [3.63, 3.8) is 0 Å². The van der Waals surface area contributed by atoms with Crippen molar-refractivity contribution in [2.45, 2.75) is 52.5 Å². The topological polar surface area (TPSA) is 82.4 Å². The fourth-order valence-electron chi connectivity index (χ4n) is 4.80. The Hall–Kier alpha value is -2.90. The van der Waals surface area contributed by atoms with Gasteiger partial charge in [-0.3, -0.25) is 9.89 Å². The largest absolute Gasteiger partial charge is 0.356 e. The minimum Gasteiger partial charge on any atom is -0.356 e. The summed E-state index contributed by atoms with van der Waals surface area (Å²) in [6.07, 6.45) is 6.30. The second-order valence-corrected chi connectivity index (χ2v) is 8.89. The minimum absolute atomic E-state index is 0.00626. The van der Waals surface area contributed by atoms with Crippen LogP contribution in [0.2, 0.25) is 0 Å². The highest BCUT2D eigenvalue weighted by Crippen LogP contribution is 2.32. The summed E-state index contributed by atoms with van der Waals surface area (Å²) in [5.74, 6) is 1.76. The van der Waals surface area contributed by atoms with Crippen molar-refractivity contribution >= 4 is 17.4 Å². The summed E-state index contributed by atoms with van der Waals surface area (Å²) in [7, 11) is 0. The molecule has 5 heterocycles. The van der Waals surface area contributed by atoms with Crippen LogP contribution in [0.3, 0.4) is 0 Å². The Morgan fingerprint density at radius 3 is 2.77 bits per heavy atom. The number of nitrogens with one attached hydrogen (secondary N) is 1. The van der Waals surface area contributed by atoms with E-state index in [4.69, 9.17) is 10.1 Å². The molecule has 8 nitrogen and oxygen atoms in total. The lowest BCUT2D eigenvalue weighted by Gasteiger charge is -2.34. The molecule has 5 rings (SSSR count). The lowest BCUT2D eigenvalue weighted by atomic mass is 9.99. The molecule has 158 valence electrons. The van der Waals surface area contributed by atoms with Gasteiger partial charge in [0, 0.05) is 37.5 Å². The number of carbonyl (C=O) groups is 1. The quantitative estimate of drug-likeness (QED) is 0.720. The van der Waals surface area contributed by atoms with Gasteiger partial charge >= 0.3 is 0 Å². The maximum Gasteiger partial charge on any atom is 0.272 e. The third-order valence-electron chi connectivity index (χ3n) is 6.39. The maximum atomic E-state index is 13.1. The molecule has 2 atom stereocenters. The molecule has 30 heavy (non-hydrogen) atoms. The summed E-state index contributed by atoms with van der Waals surface area (Å²) < 4.78 is 1.87. The molecule has 2 saturated heterocycles. The minimum atomic E-state index is -0.0351. The molecule has 2 aliphatic heterocycles. The first-order valence-corrected chi connectivity index (χ1v) is 10.9. The summed E-state index contributed by atoms with van der Waals surface area (Å²) in [5.41, 5.74) is 4.26. The Bertz CT molecular complexity index is 1080. The van der Waals surface area contributed by atoms with E-state index in [2.05, 4.69) is 41.2 Å². The number of amides is 1. The molecule has 0 saturated carbocycles. The summed E-state index contributed by atoms with van der Waals surface area (Å²) in [6.45, 7) is 9.12. The normalized spacial score (nSPS) is 22.2. The molecule has 0 aromatic carbocycles. The summed E-state index contributed by atoms with van der Waals surface area (Å²) >= 11 is 0. The standard InChI is InChI=1S/C22H29N7O/c1-14-7-9-27(12-14)21-15(2)13-29-20(23-21)11-17(26-29)19-6-4-5-8-28(19)22(30)18-10-16(3)24-25-18/h10-11,13-14,19H,4-9,12H2,1-3H3,(H,24,25)/t14-,19-/m0/s1. The molecule has 2 fully saturated rings. The molecule has 2 aliphatic rings. The Morgan fingerprint density at radius 2 is 2.03 bits per heavy atom. The number of piperidine rings is 1. The average Bonchev–Trinajstić information content (AvgIpc) is 3.46. The molecule has 3 aromatic heterocycles. The van der Waals surface area contributed by atoms with E-state index in [0.29, 0.717) is 11.6 Å². The van der Waals surface area contributed by atoms with Crippen molar-refractivity contribution in [2.75, 3.05) is 24.5 Å². The highest BCUT2D eigenvalue weighted by Gasteiger charge is 2.32. The van der Waals surface area contributed by atoms with Crippen LogP contribution < -0.4 is 4.90 Å². The zero-order valence-electron chi connectivity index (χ0n) is 17.9. The Morgan fingerprint density at radius 1 is 1.17 bits per heavy atom. The Balaban J connectivity index is 1.47. The molecule has 1 amide bonds. The van der Waals surface area contributed by atoms with Crippen LogP contribution in [0.25, 0.3) is 5.65 Å². The van der Waals surface area contributed by atoms with Crippen LogP contribution >= 0.6 is 0 Å². The van der Waals surface area contributed by atoms with E-state index < -0.39 is 0 Å². The van der Waals surface area contributed by atoms with Gasteiger partial charge in [0.25, 0.3) is 5.91 Å². The number of aryl methyl sites for hydroxylation is 2. The van der Waals surface area contributed by atoms with Crippen molar-refractivity contribution in [3.8, 4) is 0 Å². The van der Waals surface area contributed by atoms with E-state index in [1.807, 2.05) is 22.4 Å². The molecule has 0 radical (unpaired) electrons. The highest BCUT2D eigenvalue weighted by atomic mass is 16.2. The third-order valence-corrected chi connectivity index (χ3v) is 6.39. The molecule has 0 aliphatic carbocycles. The van der Waals surface area contributed by atoms with E-state index in [1.165, 1.54) is 6.42 Å². The number of aromatic amines is 1. The van der Waals surface area contributed by atoms with Crippen LogP contribution in [0.4, 0.5) is 5.82 Å². The molecule has 3 aromatic rings. The van der Waals surface area contributed by atoms with Gasteiger partial charge in [0.2, 0.25) is 0 Å². The van der Waals surface area contributed by atoms with Crippen LogP contribution in [0.15, 0.2) is 18.3 Å². The number of aromatic nitrogens is 5. The van der Waals surface area contributed by atoms with Crippen LogP contribution in [-0.2, 0) is 0 Å². The molecular formula is C22H29N7O. The Labute approximate surface area is 176 Å². The highest BCUT2D eigenvalue weighted by molar-refractivity contribution is 5.92. The lowest BCUT2D eigenvalue weighted by Crippen LogP contribution is -2.38. The maximum absolute atomic E-state index is 13.1. The van der Waals surface area contributed by atoms with Crippen LogP contribution in [0.5, 0.6) is 0 Å². The van der Waals surface area contributed by atoms with E-state index in [1.54, 1.807) is 0 Å². The van der Waals surface area contributed by atoms with Gasteiger partial charge in [-0.05, 0) is 51.5 Å². The number of anilines is 1. The monoisotopic (exact) mass is 407 g/mol. The number of rotatable bonds is 3. The third kappa shape index (κ3) is 3.34. The summed E-state index contributed by atoms with van der Waals surface area (Å²) in [5, 5.41) is 11.8. The predicted octanol–water partition coefficient (Wildman–Crippen LogP) is 3.28. The van der Waals surface area contributed by atoms with Crippen molar-refractivity contribution in [1.29, 1.82) is 0 Å². The fraction of sp³-hybridized carbons (Fsp3) is 0.545. The average molecular weight is 408 g/mol. The molecule has 0 bridgehead atoms. The number of hydrogen-bond donors (Lipinski definition) is 1. The van der Waals surface area contributed by atoms with Crippen LogP contribution in [0.1, 0.15) is 66.1 Å². The van der Waals surface area contributed by atoms with Gasteiger partial charge in [-0.2, -0.15) is 10.2 Å². The first kappa shape index (κ1) is 19.1. The van der Waals surface area contributed by atoms with Crippen molar-refractivity contribution in [3.05, 3.63) is 41.0 Å². The van der Waals surface area contributed by atoms with Gasteiger partial charge < -0.3 is 9.80 Å². The predicted molar refractivity (Wildman–Crippen MR) is 115 cm³/mol. The number of carbonyl (C=O) groups excluding carboxylic acids is 1. The van der Waals surface area contributed by atoms with Crippen LogP contribution in [0, 0.1) is 19.8 Å². The second kappa shape index (κ2) is 7.41.